The predicted molar refractivity (Wildman–Crippen MR) is 131 cm³/mol. The van der Waals surface area contributed by atoms with Crippen LogP contribution in [-0.2, 0) is 15.6 Å². The highest BCUT2D eigenvalue weighted by molar-refractivity contribution is 7.93. The number of alkyl halides is 3. The van der Waals surface area contributed by atoms with Crippen LogP contribution in [0.3, 0.4) is 0 Å². The summed E-state index contributed by atoms with van der Waals surface area (Å²) in [6, 6.07) is 9.29. The van der Waals surface area contributed by atoms with E-state index < -0.39 is 33.2 Å². The van der Waals surface area contributed by atoms with Crippen LogP contribution in [-0.4, -0.2) is 53.1 Å². The molecule has 3 rings (SSSR count). The SMILES string of the molecule is C=C(/C=C\C(=C/C)S(=O)(=O)N1CCC(Nc2ncc(C(=O)NO)cn2)(c2ccccc2)CC1)C(F)(F)F. The Morgan fingerprint density at radius 1 is 1.14 bits per heavy atom. The van der Waals surface area contributed by atoms with Gasteiger partial charge < -0.3 is 5.32 Å². The van der Waals surface area contributed by atoms with Crippen LogP contribution in [0, 0.1) is 0 Å². The number of sulfonamides is 1. The van der Waals surface area contributed by atoms with E-state index in [9.17, 15) is 26.4 Å². The van der Waals surface area contributed by atoms with Crippen LogP contribution in [0.4, 0.5) is 19.1 Å². The fourth-order valence-corrected chi connectivity index (χ4v) is 5.40. The van der Waals surface area contributed by atoms with Crippen molar-refractivity contribution in [1.82, 2.24) is 19.8 Å². The van der Waals surface area contributed by atoms with E-state index in [1.165, 1.54) is 35.2 Å². The molecule has 1 aliphatic heterocycles. The van der Waals surface area contributed by atoms with Gasteiger partial charge in [-0.15, -0.1) is 0 Å². The fourth-order valence-electron chi connectivity index (χ4n) is 3.90. The summed E-state index contributed by atoms with van der Waals surface area (Å²) in [5, 5.41) is 12.0. The molecule has 1 aromatic carbocycles. The molecule has 13 heteroatoms. The molecule has 1 amide bonds. The van der Waals surface area contributed by atoms with Crippen LogP contribution >= 0.6 is 0 Å². The lowest BCUT2D eigenvalue weighted by atomic mass is 9.81. The number of nitrogens with zero attached hydrogens (tertiary/aromatic N) is 3. The van der Waals surface area contributed by atoms with E-state index >= 15 is 0 Å². The third-order valence-corrected chi connectivity index (χ3v) is 8.02. The minimum atomic E-state index is -4.66. The maximum atomic E-state index is 13.2. The normalized spacial score (nSPS) is 16.9. The Kier molecular flexibility index (Phi) is 8.51. The van der Waals surface area contributed by atoms with Crippen molar-refractivity contribution in [1.29, 1.82) is 0 Å². The standard InChI is InChI=1S/C24H26F3N5O4S/c1-3-20(10-9-17(2)24(25,26)27)37(35,36)32-13-11-23(12-14-32,19-7-5-4-6-8-19)30-22-28-15-18(16-29-22)21(33)31-34/h3-10,15-16,34H,2,11-14H2,1H3,(H,31,33)(H,28,29,30)/b10-9-,20-3+. The summed E-state index contributed by atoms with van der Waals surface area (Å²) >= 11 is 0. The number of hydroxylamine groups is 1. The number of carbonyl (C=O) groups is 1. The van der Waals surface area contributed by atoms with Crippen LogP contribution in [0.25, 0.3) is 0 Å². The topological polar surface area (TPSA) is 125 Å². The first-order chi connectivity index (χ1) is 17.4. The molecule has 37 heavy (non-hydrogen) atoms. The lowest BCUT2D eigenvalue weighted by molar-refractivity contribution is -0.0878. The molecule has 0 saturated carbocycles. The van der Waals surface area contributed by atoms with Crippen molar-refractivity contribution in [2.45, 2.75) is 31.5 Å². The first-order valence-corrected chi connectivity index (χ1v) is 12.6. The van der Waals surface area contributed by atoms with Gasteiger partial charge in [-0.2, -0.15) is 17.5 Å². The smallest absolute Gasteiger partial charge is 0.345 e. The lowest BCUT2D eigenvalue weighted by Crippen LogP contribution is -2.49. The maximum absolute atomic E-state index is 13.2. The van der Waals surface area contributed by atoms with E-state index in [0.29, 0.717) is 18.9 Å². The van der Waals surface area contributed by atoms with Crippen LogP contribution < -0.4 is 10.8 Å². The average Bonchev–Trinajstić information content (AvgIpc) is 2.89. The Hall–Kier alpha value is -3.55. The quantitative estimate of drug-likeness (QED) is 0.265. The van der Waals surface area contributed by atoms with Gasteiger partial charge >= 0.3 is 6.18 Å². The zero-order valence-corrected chi connectivity index (χ0v) is 20.7. The summed E-state index contributed by atoms with van der Waals surface area (Å²) in [7, 11) is -4.07. The first-order valence-electron chi connectivity index (χ1n) is 11.1. The van der Waals surface area contributed by atoms with Gasteiger partial charge in [-0.05, 0) is 37.5 Å². The number of nitrogens with one attached hydrogen (secondary N) is 2. The number of amides is 1. The van der Waals surface area contributed by atoms with Crippen LogP contribution in [0.1, 0.15) is 35.7 Å². The second kappa shape index (κ2) is 11.2. The van der Waals surface area contributed by atoms with E-state index in [2.05, 4.69) is 21.9 Å². The molecule has 9 nitrogen and oxygen atoms in total. The van der Waals surface area contributed by atoms with Gasteiger partial charge in [-0.1, -0.05) is 43.0 Å². The predicted octanol–water partition coefficient (Wildman–Crippen LogP) is 3.91. The molecule has 1 saturated heterocycles. The number of anilines is 1. The van der Waals surface area contributed by atoms with Gasteiger partial charge in [0.25, 0.3) is 5.91 Å². The van der Waals surface area contributed by atoms with E-state index in [-0.39, 0.29) is 29.5 Å². The third kappa shape index (κ3) is 6.42. The summed E-state index contributed by atoms with van der Waals surface area (Å²) in [4.78, 5) is 19.6. The lowest BCUT2D eigenvalue weighted by Gasteiger charge is -2.42. The number of hydrogen-bond acceptors (Lipinski definition) is 7. The monoisotopic (exact) mass is 537 g/mol. The van der Waals surface area contributed by atoms with Gasteiger partial charge in [0, 0.05) is 31.1 Å². The van der Waals surface area contributed by atoms with Gasteiger partial charge in [0.15, 0.2) is 0 Å². The number of benzene rings is 1. The Bertz CT molecular complexity index is 1290. The molecule has 0 atom stereocenters. The van der Waals surface area contributed by atoms with Crippen LogP contribution in [0.2, 0.25) is 0 Å². The molecule has 0 bridgehead atoms. The molecule has 2 aromatic rings. The van der Waals surface area contributed by atoms with Crippen molar-refractivity contribution in [3.63, 3.8) is 0 Å². The molecular weight excluding hydrogens is 511 g/mol. The number of halogens is 3. The van der Waals surface area contributed by atoms with Crippen molar-refractivity contribution in [3.8, 4) is 0 Å². The van der Waals surface area contributed by atoms with Gasteiger partial charge in [0.2, 0.25) is 16.0 Å². The first kappa shape index (κ1) is 28.0. The van der Waals surface area contributed by atoms with Crippen molar-refractivity contribution in [2.75, 3.05) is 18.4 Å². The van der Waals surface area contributed by atoms with E-state index in [1.54, 1.807) is 0 Å². The van der Waals surface area contributed by atoms with Crippen LogP contribution in [0.5, 0.6) is 0 Å². The van der Waals surface area contributed by atoms with Gasteiger partial charge in [-0.3, -0.25) is 10.0 Å². The molecule has 0 aliphatic carbocycles. The molecule has 198 valence electrons. The summed E-state index contributed by atoms with van der Waals surface area (Å²) in [5.41, 5.74) is 0.489. The van der Waals surface area contributed by atoms with Crippen molar-refractivity contribution >= 4 is 21.9 Å². The summed E-state index contributed by atoms with van der Waals surface area (Å²) < 4.78 is 66.0. The number of piperidine rings is 1. The largest absolute Gasteiger partial charge is 0.415 e. The number of aromatic nitrogens is 2. The number of hydrogen-bond donors (Lipinski definition) is 3. The minimum absolute atomic E-state index is 0.0443. The number of carbonyl (C=O) groups excluding carboxylic acids is 1. The van der Waals surface area contributed by atoms with Crippen molar-refractivity contribution in [2.24, 2.45) is 0 Å². The summed E-state index contributed by atoms with van der Waals surface area (Å²) in [6.07, 6.45) is 1.20. The molecule has 0 spiro atoms. The molecule has 2 heterocycles. The second-order valence-electron chi connectivity index (χ2n) is 8.26. The molecule has 1 aliphatic rings. The van der Waals surface area contributed by atoms with Crippen molar-refractivity contribution in [3.05, 3.63) is 89.1 Å². The van der Waals surface area contributed by atoms with E-state index in [1.807, 2.05) is 30.3 Å². The zero-order valence-electron chi connectivity index (χ0n) is 19.9. The summed E-state index contributed by atoms with van der Waals surface area (Å²) in [6.45, 7) is 4.51. The van der Waals surface area contributed by atoms with Crippen LogP contribution in [0.15, 0.2) is 78.0 Å². The Morgan fingerprint density at radius 3 is 2.24 bits per heavy atom. The van der Waals surface area contributed by atoms with E-state index in [0.717, 1.165) is 11.6 Å². The highest BCUT2D eigenvalue weighted by Crippen LogP contribution is 2.37. The van der Waals surface area contributed by atoms with E-state index in [4.69, 9.17) is 5.21 Å². The molecule has 3 N–H and O–H groups in total. The number of rotatable bonds is 8. The maximum Gasteiger partial charge on any atom is 0.415 e. The molecular formula is C24H26F3N5O4S. The highest BCUT2D eigenvalue weighted by Gasteiger charge is 2.40. The Labute approximate surface area is 212 Å². The fraction of sp³-hybridized carbons (Fsp3) is 0.292. The number of allylic oxidation sites excluding steroid dienone is 4. The second-order valence-corrected chi connectivity index (χ2v) is 10.2. The highest BCUT2D eigenvalue weighted by atomic mass is 32.2. The van der Waals surface area contributed by atoms with Gasteiger partial charge in [-0.25, -0.2) is 23.9 Å². The van der Waals surface area contributed by atoms with Crippen molar-refractivity contribution < 1.29 is 31.6 Å². The Balaban J connectivity index is 1.83. The average molecular weight is 538 g/mol. The van der Waals surface area contributed by atoms with Gasteiger partial charge in [0.05, 0.1) is 16.0 Å². The molecule has 0 unspecified atom stereocenters. The Morgan fingerprint density at radius 2 is 1.73 bits per heavy atom. The molecule has 1 fully saturated rings. The summed E-state index contributed by atoms with van der Waals surface area (Å²) in [5.74, 6) is -0.576. The molecule has 0 radical (unpaired) electrons. The minimum Gasteiger partial charge on any atom is -0.345 e. The van der Waals surface area contributed by atoms with Gasteiger partial charge in [0.1, 0.15) is 0 Å². The molecule has 1 aromatic heterocycles. The zero-order chi connectivity index (χ0) is 27.3. The third-order valence-electron chi connectivity index (χ3n) is 6.00.